The number of hydrogen-bond acceptors (Lipinski definition) is 5. The Hall–Kier alpha value is -1.93. The highest BCUT2D eigenvalue weighted by atomic mass is 28.4. The van der Waals surface area contributed by atoms with Crippen molar-refractivity contribution in [2.24, 2.45) is 5.92 Å². The van der Waals surface area contributed by atoms with Crippen LogP contribution in [0.15, 0.2) is 18.2 Å². The van der Waals surface area contributed by atoms with Crippen LogP contribution >= 0.6 is 0 Å². The summed E-state index contributed by atoms with van der Waals surface area (Å²) in [4.78, 5) is 22.4. The summed E-state index contributed by atoms with van der Waals surface area (Å²) < 4.78 is 6.66. The van der Waals surface area contributed by atoms with E-state index in [9.17, 15) is 20.0 Å². The summed E-state index contributed by atoms with van der Waals surface area (Å²) in [7, 11) is -2.03. The number of carboxylic acids is 1. The van der Waals surface area contributed by atoms with Gasteiger partial charge in [-0.2, -0.15) is 0 Å². The Morgan fingerprint density at radius 2 is 1.68 bits per heavy atom. The molecule has 1 saturated carbocycles. The van der Waals surface area contributed by atoms with Crippen molar-refractivity contribution in [2.75, 3.05) is 5.32 Å². The molecule has 0 bridgehead atoms. The van der Waals surface area contributed by atoms with Crippen molar-refractivity contribution in [1.82, 2.24) is 0 Å². The molecule has 1 fully saturated rings. The van der Waals surface area contributed by atoms with E-state index in [0.29, 0.717) is 54.6 Å². The molecule has 7 nitrogen and oxygen atoms in total. The van der Waals surface area contributed by atoms with Gasteiger partial charge in [0.2, 0.25) is 8.32 Å². The number of nitrogens with one attached hydrogen (secondary N) is 1. The molecule has 1 aliphatic carbocycles. The first kappa shape index (κ1) is 25.3. The maximum atomic E-state index is 11.6. The van der Waals surface area contributed by atoms with Crippen molar-refractivity contribution in [3.05, 3.63) is 33.9 Å². The second-order valence-corrected chi connectivity index (χ2v) is 15.2. The van der Waals surface area contributed by atoms with Crippen LogP contribution in [-0.4, -0.2) is 30.4 Å². The molecule has 2 N–H and O–H groups in total. The lowest BCUT2D eigenvalue weighted by Crippen LogP contribution is -2.47. The first-order valence-electron chi connectivity index (χ1n) is 11.4. The van der Waals surface area contributed by atoms with Crippen molar-refractivity contribution in [2.45, 2.75) is 96.5 Å². The highest BCUT2D eigenvalue weighted by Gasteiger charge is 2.45. The first-order valence-corrected chi connectivity index (χ1v) is 13.5. The van der Waals surface area contributed by atoms with E-state index in [4.69, 9.17) is 4.43 Å². The zero-order valence-corrected chi connectivity index (χ0v) is 20.7. The summed E-state index contributed by atoms with van der Waals surface area (Å²) in [5.41, 5.74) is 2.86. The van der Waals surface area contributed by atoms with Gasteiger partial charge in [0.1, 0.15) is 5.69 Å². The number of rotatable bonds is 10. The van der Waals surface area contributed by atoms with E-state index in [1.807, 2.05) is 6.07 Å². The summed E-state index contributed by atoms with van der Waals surface area (Å²) >= 11 is 0. The highest BCUT2D eigenvalue weighted by molar-refractivity contribution is 6.77. The van der Waals surface area contributed by atoms with Crippen molar-refractivity contribution < 1.29 is 19.3 Å². The highest BCUT2D eigenvalue weighted by Crippen LogP contribution is 2.43. The Labute approximate surface area is 186 Å². The average Bonchev–Trinajstić information content (AvgIpc) is 2.68. The first-order chi connectivity index (χ1) is 14.5. The van der Waals surface area contributed by atoms with Gasteiger partial charge in [0, 0.05) is 12.1 Å². The Morgan fingerprint density at radius 3 is 2.13 bits per heavy atom. The fourth-order valence-corrected chi connectivity index (χ4v) is 10.8. The van der Waals surface area contributed by atoms with Gasteiger partial charge in [0.05, 0.1) is 17.4 Å². The van der Waals surface area contributed by atoms with Gasteiger partial charge in [0.15, 0.2) is 0 Å². The van der Waals surface area contributed by atoms with Crippen LogP contribution < -0.4 is 5.32 Å². The van der Waals surface area contributed by atoms with Crippen LogP contribution in [-0.2, 0) is 15.8 Å². The molecule has 1 aromatic carbocycles. The molecule has 0 radical (unpaired) electrons. The van der Waals surface area contributed by atoms with Crippen molar-refractivity contribution in [1.29, 1.82) is 0 Å². The molecule has 0 aliphatic heterocycles. The van der Waals surface area contributed by atoms with Gasteiger partial charge in [-0.3, -0.25) is 14.9 Å². The molecular weight excluding hydrogens is 412 g/mol. The molecule has 1 aromatic rings. The second-order valence-electron chi connectivity index (χ2n) is 9.75. The minimum atomic E-state index is -2.03. The summed E-state index contributed by atoms with van der Waals surface area (Å²) in [6, 6.07) is 5.21. The third kappa shape index (κ3) is 5.86. The van der Waals surface area contributed by atoms with Crippen molar-refractivity contribution >= 4 is 25.7 Å². The number of anilines is 1. The van der Waals surface area contributed by atoms with Gasteiger partial charge in [-0.25, -0.2) is 0 Å². The monoisotopic (exact) mass is 450 g/mol. The summed E-state index contributed by atoms with van der Waals surface area (Å²) in [5.74, 6) is -1.06. The lowest BCUT2D eigenvalue weighted by atomic mass is 9.86. The van der Waals surface area contributed by atoms with Gasteiger partial charge in [-0.05, 0) is 60.0 Å². The molecule has 0 heterocycles. The van der Waals surface area contributed by atoms with E-state index in [0.717, 1.165) is 5.56 Å². The zero-order chi connectivity index (χ0) is 23.3. The lowest BCUT2D eigenvalue weighted by molar-refractivity contribution is -0.384. The van der Waals surface area contributed by atoms with E-state index in [-0.39, 0.29) is 22.6 Å². The van der Waals surface area contributed by atoms with Crippen molar-refractivity contribution in [3.63, 3.8) is 0 Å². The maximum Gasteiger partial charge on any atom is 0.306 e. The van der Waals surface area contributed by atoms with Gasteiger partial charge >= 0.3 is 5.97 Å². The fraction of sp³-hybridized carbons (Fsp3) is 0.696. The molecule has 0 saturated heterocycles. The van der Waals surface area contributed by atoms with Crippen LogP contribution in [0.3, 0.4) is 0 Å². The van der Waals surface area contributed by atoms with Crippen LogP contribution in [0.2, 0.25) is 16.6 Å². The summed E-state index contributed by atoms with van der Waals surface area (Å²) in [6.07, 6.45) is 2.57. The van der Waals surface area contributed by atoms with Crippen LogP contribution in [0.25, 0.3) is 0 Å². The standard InChI is InChI=1S/C23H38N2O5Si/c1-15(2)31(16(3)4,17(5)6)30-14-18-7-12-22(25(28)29)21(13-18)24-20-10-8-19(9-11-20)23(26)27/h7,12-13,15-17,19-20,24H,8-11,14H2,1-6H3,(H,26,27). The molecular formula is C23H38N2O5Si. The Bertz CT molecular complexity index is 751. The van der Waals surface area contributed by atoms with E-state index in [1.165, 1.54) is 0 Å². The lowest BCUT2D eigenvalue weighted by Gasteiger charge is -2.42. The molecule has 0 aromatic heterocycles. The number of benzene rings is 1. The van der Waals surface area contributed by atoms with Gasteiger partial charge in [0.25, 0.3) is 5.69 Å². The van der Waals surface area contributed by atoms with Gasteiger partial charge in [-0.1, -0.05) is 41.5 Å². The topological polar surface area (TPSA) is 102 Å². The molecule has 0 spiro atoms. The number of hydrogen-bond donors (Lipinski definition) is 2. The quantitative estimate of drug-likeness (QED) is 0.245. The van der Waals surface area contributed by atoms with Crippen LogP contribution in [0.1, 0.15) is 72.8 Å². The maximum absolute atomic E-state index is 11.6. The second kappa shape index (κ2) is 10.6. The number of nitrogens with zero attached hydrogens (tertiary/aromatic N) is 1. The molecule has 0 amide bonds. The Balaban J connectivity index is 2.19. The third-order valence-electron chi connectivity index (χ3n) is 6.89. The number of aliphatic carboxylic acids is 1. The SMILES string of the molecule is CC(C)[Si](OCc1ccc([N+](=O)[O-])c(NC2CCC(C(=O)O)CC2)c1)(C(C)C)C(C)C. The summed E-state index contributed by atoms with van der Waals surface area (Å²) in [6.45, 7) is 13.9. The van der Waals surface area contributed by atoms with E-state index in [2.05, 4.69) is 46.9 Å². The molecule has 0 unspecified atom stereocenters. The molecule has 0 atom stereocenters. The Kier molecular flexibility index (Phi) is 8.65. The molecule has 174 valence electrons. The van der Waals surface area contributed by atoms with Crippen LogP contribution in [0, 0.1) is 16.0 Å². The van der Waals surface area contributed by atoms with Gasteiger partial charge in [-0.15, -0.1) is 0 Å². The van der Waals surface area contributed by atoms with E-state index >= 15 is 0 Å². The van der Waals surface area contributed by atoms with Crippen molar-refractivity contribution in [3.8, 4) is 0 Å². The number of carboxylic acid groups (broad SMARTS) is 1. The normalized spacial score (nSPS) is 19.8. The smallest absolute Gasteiger partial charge is 0.306 e. The fourth-order valence-electron chi connectivity index (χ4n) is 5.36. The zero-order valence-electron chi connectivity index (χ0n) is 19.7. The number of nitro benzene ring substituents is 1. The largest absolute Gasteiger partial charge is 0.481 e. The Morgan fingerprint density at radius 1 is 1.13 bits per heavy atom. The van der Waals surface area contributed by atoms with E-state index < -0.39 is 14.3 Å². The number of nitro groups is 1. The molecule has 1 aliphatic rings. The molecule has 8 heteroatoms. The predicted octanol–water partition coefficient (Wildman–Crippen LogP) is 6.34. The molecule has 2 rings (SSSR count). The van der Waals surface area contributed by atoms with Crippen LogP contribution in [0.5, 0.6) is 0 Å². The predicted molar refractivity (Wildman–Crippen MR) is 126 cm³/mol. The number of carbonyl (C=O) groups is 1. The average molecular weight is 451 g/mol. The van der Waals surface area contributed by atoms with Gasteiger partial charge < -0.3 is 14.8 Å². The minimum absolute atomic E-state index is 0.0425. The minimum Gasteiger partial charge on any atom is -0.481 e. The van der Waals surface area contributed by atoms with E-state index in [1.54, 1.807) is 12.1 Å². The summed E-state index contributed by atoms with van der Waals surface area (Å²) in [5, 5.41) is 24.1. The third-order valence-corrected chi connectivity index (χ3v) is 12.9. The van der Waals surface area contributed by atoms with Crippen LogP contribution in [0.4, 0.5) is 11.4 Å². The molecule has 31 heavy (non-hydrogen) atoms.